The highest BCUT2D eigenvalue weighted by Gasteiger charge is 2.25. The van der Waals surface area contributed by atoms with Crippen LogP contribution in [-0.4, -0.2) is 19.3 Å². The second-order valence-corrected chi connectivity index (χ2v) is 8.02. The topological polar surface area (TPSA) is 61.2 Å². The highest BCUT2D eigenvalue weighted by atomic mass is 32.2. The molecule has 0 amide bonds. The minimum absolute atomic E-state index is 0.224. The summed E-state index contributed by atoms with van der Waals surface area (Å²) in [6.45, 7) is 2.58. The second-order valence-electron chi connectivity index (χ2n) is 3.74. The zero-order valence-electron chi connectivity index (χ0n) is 10.2. The molecule has 7 heteroatoms. The lowest BCUT2D eigenvalue weighted by atomic mass is 10.4. The Labute approximate surface area is 120 Å². The van der Waals surface area contributed by atoms with Gasteiger partial charge in [-0.3, -0.25) is 0 Å². The Balaban J connectivity index is 2.28. The van der Waals surface area contributed by atoms with E-state index in [1.165, 1.54) is 27.8 Å². The Morgan fingerprint density at radius 1 is 1.37 bits per heavy atom. The molecule has 0 aliphatic rings. The van der Waals surface area contributed by atoms with Gasteiger partial charge >= 0.3 is 0 Å². The van der Waals surface area contributed by atoms with E-state index in [4.69, 9.17) is 5.26 Å². The highest BCUT2D eigenvalue weighted by Crippen LogP contribution is 2.26. The molecule has 0 aliphatic heterocycles. The fourth-order valence-electron chi connectivity index (χ4n) is 1.59. The third kappa shape index (κ3) is 3.04. The first kappa shape index (κ1) is 14.2. The van der Waals surface area contributed by atoms with Crippen molar-refractivity contribution in [1.29, 1.82) is 5.26 Å². The minimum Gasteiger partial charge on any atom is -0.206 e. The highest BCUT2D eigenvalue weighted by molar-refractivity contribution is 7.91. The van der Waals surface area contributed by atoms with E-state index in [1.54, 1.807) is 0 Å². The van der Waals surface area contributed by atoms with Gasteiger partial charge < -0.3 is 0 Å². The van der Waals surface area contributed by atoms with Crippen molar-refractivity contribution in [2.24, 2.45) is 0 Å². The molecule has 0 spiro atoms. The van der Waals surface area contributed by atoms with Gasteiger partial charge in [0.15, 0.2) is 0 Å². The van der Waals surface area contributed by atoms with Crippen molar-refractivity contribution in [3.63, 3.8) is 0 Å². The average molecular weight is 312 g/mol. The maximum absolute atomic E-state index is 12.5. The van der Waals surface area contributed by atoms with E-state index in [2.05, 4.69) is 0 Å². The van der Waals surface area contributed by atoms with Gasteiger partial charge in [-0.1, -0.05) is 13.0 Å². The molecule has 2 rings (SSSR count). The first-order valence-electron chi connectivity index (χ1n) is 5.60. The van der Waals surface area contributed by atoms with Crippen molar-refractivity contribution in [3.05, 3.63) is 39.4 Å². The zero-order valence-corrected chi connectivity index (χ0v) is 12.7. The Kier molecular flexibility index (Phi) is 4.37. The van der Waals surface area contributed by atoms with Gasteiger partial charge in [-0.05, 0) is 23.6 Å². The van der Waals surface area contributed by atoms with Crippen molar-refractivity contribution < 1.29 is 8.42 Å². The molecule has 4 nitrogen and oxygen atoms in total. The summed E-state index contributed by atoms with van der Waals surface area (Å²) in [7, 11) is -3.51. The van der Waals surface area contributed by atoms with E-state index in [0.717, 1.165) is 16.2 Å². The van der Waals surface area contributed by atoms with E-state index < -0.39 is 10.0 Å². The summed E-state index contributed by atoms with van der Waals surface area (Å²) in [4.78, 5) is 1.41. The summed E-state index contributed by atoms with van der Waals surface area (Å²) < 4.78 is 26.5. The first-order valence-corrected chi connectivity index (χ1v) is 8.74. The van der Waals surface area contributed by atoms with Crippen LogP contribution in [0.3, 0.4) is 0 Å². The summed E-state index contributed by atoms with van der Waals surface area (Å²) in [5.74, 6) is 0. The summed E-state index contributed by atoms with van der Waals surface area (Å²) in [5.41, 5.74) is 0. The summed E-state index contributed by atoms with van der Waals surface area (Å²) >= 11 is 2.54. The summed E-state index contributed by atoms with van der Waals surface area (Å²) in [6, 6.07) is 8.81. The number of hydrogen-bond acceptors (Lipinski definition) is 5. The Bertz CT molecular complexity index is 681. The molecule has 19 heavy (non-hydrogen) atoms. The lowest BCUT2D eigenvalue weighted by Crippen LogP contribution is -2.29. The van der Waals surface area contributed by atoms with Crippen LogP contribution in [0.5, 0.6) is 0 Å². The lowest BCUT2D eigenvalue weighted by Gasteiger charge is -2.18. The molecule has 0 aromatic carbocycles. The molecule has 2 aromatic rings. The molecule has 0 fully saturated rings. The monoisotopic (exact) mass is 312 g/mol. The van der Waals surface area contributed by atoms with Crippen LogP contribution in [0.2, 0.25) is 0 Å². The molecule has 0 aliphatic carbocycles. The van der Waals surface area contributed by atoms with Crippen molar-refractivity contribution in [2.75, 3.05) is 6.54 Å². The van der Waals surface area contributed by atoms with Gasteiger partial charge in [0.2, 0.25) is 0 Å². The predicted octanol–water partition coefficient (Wildman–Crippen LogP) is 2.89. The SMILES string of the molecule is CCN(Cc1cccs1)S(=O)(=O)c1ccc(C#N)s1. The molecule has 2 heterocycles. The quantitative estimate of drug-likeness (QED) is 0.853. The number of hydrogen-bond donors (Lipinski definition) is 0. The Hall–Kier alpha value is -1.20. The van der Waals surface area contributed by atoms with Crippen LogP contribution in [0.1, 0.15) is 16.7 Å². The molecule has 0 N–H and O–H groups in total. The van der Waals surface area contributed by atoms with E-state index in [-0.39, 0.29) is 4.21 Å². The molecule has 0 unspecified atom stereocenters. The van der Waals surface area contributed by atoms with E-state index >= 15 is 0 Å². The number of nitrogens with zero attached hydrogens (tertiary/aromatic N) is 2. The summed E-state index contributed by atoms with van der Waals surface area (Å²) in [6.07, 6.45) is 0. The fourth-order valence-corrected chi connectivity index (χ4v) is 5.08. The number of thiophene rings is 2. The van der Waals surface area contributed by atoms with Crippen LogP contribution in [0.15, 0.2) is 33.9 Å². The number of nitriles is 1. The Morgan fingerprint density at radius 3 is 2.68 bits per heavy atom. The van der Waals surface area contributed by atoms with Crippen LogP contribution in [0.25, 0.3) is 0 Å². The third-order valence-electron chi connectivity index (χ3n) is 2.55. The molecule has 0 bridgehead atoms. The van der Waals surface area contributed by atoms with Crippen molar-refractivity contribution in [1.82, 2.24) is 4.31 Å². The van der Waals surface area contributed by atoms with Gasteiger partial charge in [0.05, 0.1) is 0 Å². The predicted molar refractivity (Wildman–Crippen MR) is 76.6 cm³/mol. The van der Waals surface area contributed by atoms with Gasteiger partial charge in [-0.2, -0.15) is 9.57 Å². The van der Waals surface area contributed by atoms with E-state index in [9.17, 15) is 8.42 Å². The maximum atomic E-state index is 12.5. The lowest BCUT2D eigenvalue weighted by molar-refractivity contribution is 0.428. The molecule has 2 aromatic heterocycles. The maximum Gasteiger partial charge on any atom is 0.252 e. The standard InChI is InChI=1S/C12H12N2O2S3/c1-2-14(9-11-4-3-7-17-11)19(15,16)12-6-5-10(8-13)18-12/h3-7H,2,9H2,1H3. The van der Waals surface area contributed by atoms with Gasteiger partial charge in [0.25, 0.3) is 10.0 Å². The first-order chi connectivity index (χ1) is 9.07. The molecular formula is C12H12N2O2S3. The van der Waals surface area contributed by atoms with Gasteiger partial charge in [-0.15, -0.1) is 22.7 Å². The second kappa shape index (κ2) is 5.84. The number of rotatable bonds is 5. The van der Waals surface area contributed by atoms with Crippen LogP contribution >= 0.6 is 22.7 Å². The van der Waals surface area contributed by atoms with Gasteiger partial charge in [0, 0.05) is 18.0 Å². The van der Waals surface area contributed by atoms with Gasteiger partial charge in [-0.25, -0.2) is 8.42 Å². The van der Waals surface area contributed by atoms with Crippen molar-refractivity contribution in [3.8, 4) is 6.07 Å². The number of sulfonamides is 1. The molecule has 0 radical (unpaired) electrons. The van der Waals surface area contributed by atoms with Crippen molar-refractivity contribution >= 4 is 32.7 Å². The van der Waals surface area contributed by atoms with E-state index in [1.807, 2.05) is 30.5 Å². The fraction of sp³-hybridized carbons (Fsp3) is 0.250. The summed E-state index contributed by atoms with van der Waals surface area (Å²) in [5, 5.41) is 10.7. The average Bonchev–Trinajstić information content (AvgIpc) is 3.06. The van der Waals surface area contributed by atoms with Gasteiger partial charge in [0.1, 0.15) is 15.2 Å². The molecule has 0 saturated carbocycles. The minimum atomic E-state index is -3.51. The van der Waals surface area contributed by atoms with Crippen molar-refractivity contribution in [2.45, 2.75) is 17.7 Å². The molecule has 0 saturated heterocycles. The smallest absolute Gasteiger partial charge is 0.206 e. The van der Waals surface area contributed by atoms with Crippen LogP contribution in [0.4, 0.5) is 0 Å². The molecule has 100 valence electrons. The molecular weight excluding hydrogens is 300 g/mol. The normalized spacial score (nSPS) is 11.6. The van der Waals surface area contributed by atoms with Crippen LogP contribution in [0, 0.1) is 11.3 Å². The van der Waals surface area contributed by atoms with E-state index in [0.29, 0.717) is 18.0 Å². The largest absolute Gasteiger partial charge is 0.252 e. The third-order valence-corrected chi connectivity index (χ3v) is 6.79. The zero-order chi connectivity index (χ0) is 13.9. The van der Waals surface area contributed by atoms with Crippen LogP contribution in [-0.2, 0) is 16.6 Å². The molecule has 0 atom stereocenters. The van der Waals surface area contributed by atoms with Crippen LogP contribution < -0.4 is 0 Å². The Morgan fingerprint density at radius 2 is 2.16 bits per heavy atom.